The van der Waals surface area contributed by atoms with Gasteiger partial charge in [-0.1, -0.05) is 42.1 Å². The van der Waals surface area contributed by atoms with Gasteiger partial charge in [-0.25, -0.2) is 12.8 Å². The van der Waals surface area contributed by atoms with Gasteiger partial charge in [-0.05, 0) is 42.7 Å². The Bertz CT molecular complexity index is 1020. The van der Waals surface area contributed by atoms with E-state index in [0.717, 1.165) is 0 Å². The van der Waals surface area contributed by atoms with Crippen molar-refractivity contribution in [2.75, 3.05) is 16.4 Å². The van der Waals surface area contributed by atoms with E-state index in [4.69, 9.17) is 0 Å². The summed E-state index contributed by atoms with van der Waals surface area (Å²) in [5.74, 6) is 0.401. The van der Waals surface area contributed by atoms with Crippen LogP contribution in [-0.2, 0) is 15.6 Å². The minimum absolute atomic E-state index is 0.0171. The number of thioether (sulfide) groups is 1. The van der Waals surface area contributed by atoms with Crippen LogP contribution in [0, 0.1) is 19.7 Å². The van der Waals surface area contributed by atoms with Crippen LogP contribution in [0.1, 0.15) is 16.7 Å². The standard InChI is InChI=1S/C20H21FN2O2S2/c1-13-7-8-15(9-14(13)2)10-26-20-22-17-11-27(24,25)12-19(17)23(20)18-6-4-3-5-16(18)21/h3-9,17,19H,10-12H2,1-2H3/t17-,19-/m0/s1. The van der Waals surface area contributed by atoms with Crippen LogP contribution in [0.4, 0.5) is 10.1 Å². The topological polar surface area (TPSA) is 49.7 Å². The molecule has 2 atom stereocenters. The third-order valence-electron chi connectivity index (χ3n) is 5.16. The summed E-state index contributed by atoms with van der Waals surface area (Å²) in [4.78, 5) is 6.45. The largest absolute Gasteiger partial charge is 0.312 e. The maximum Gasteiger partial charge on any atom is 0.164 e. The molecule has 2 aliphatic rings. The normalized spacial score (nSPS) is 23.4. The van der Waals surface area contributed by atoms with Crippen LogP contribution in [0.25, 0.3) is 0 Å². The number of aryl methyl sites for hydroxylation is 2. The van der Waals surface area contributed by atoms with Crippen LogP contribution in [-0.4, -0.2) is 37.2 Å². The number of rotatable bonds is 3. The Morgan fingerprint density at radius 2 is 1.93 bits per heavy atom. The van der Waals surface area contributed by atoms with E-state index in [9.17, 15) is 12.8 Å². The third-order valence-corrected chi connectivity index (χ3v) is 7.90. The van der Waals surface area contributed by atoms with Crippen LogP contribution in [0.15, 0.2) is 47.5 Å². The summed E-state index contributed by atoms with van der Waals surface area (Å²) in [7, 11) is -3.14. The summed E-state index contributed by atoms with van der Waals surface area (Å²) in [6, 6.07) is 12.2. The summed E-state index contributed by atoms with van der Waals surface area (Å²) < 4.78 is 38.6. The summed E-state index contributed by atoms with van der Waals surface area (Å²) in [6.07, 6.45) is 0. The quantitative estimate of drug-likeness (QED) is 0.782. The number of aliphatic imine (C=N–C) groups is 1. The van der Waals surface area contributed by atoms with Crippen LogP contribution in [0.3, 0.4) is 0 Å². The number of benzene rings is 2. The molecule has 142 valence electrons. The van der Waals surface area contributed by atoms with Gasteiger partial charge >= 0.3 is 0 Å². The van der Waals surface area contributed by atoms with Gasteiger partial charge in [0.15, 0.2) is 15.0 Å². The second-order valence-corrected chi connectivity index (χ2v) is 10.2. The number of sulfone groups is 1. The average molecular weight is 405 g/mol. The predicted molar refractivity (Wildman–Crippen MR) is 110 cm³/mol. The van der Waals surface area contributed by atoms with E-state index in [1.807, 2.05) is 0 Å². The van der Waals surface area contributed by atoms with Crippen LogP contribution in [0.2, 0.25) is 0 Å². The highest BCUT2D eigenvalue weighted by molar-refractivity contribution is 8.13. The van der Waals surface area contributed by atoms with E-state index >= 15 is 0 Å². The Kier molecular flexibility index (Phi) is 4.76. The van der Waals surface area contributed by atoms with Crippen molar-refractivity contribution in [1.29, 1.82) is 0 Å². The van der Waals surface area contributed by atoms with Crippen molar-refractivity contribution in [3.63, 3.8) is 0 Å². The number of hydrogen-bond acceptors (Lipinski definition) is 5. The van der Waals surface area contributed by atoms with Gasteiger partial charge in [0.2, 0.25) is 0 Å². The Morgan fingerprint density at radius 3 is 2.67 bits per heavy atom. The zero-order chi connectivity index (χ0) is 19.2. The summed E-state index contributed by atoms with van der Waals surface area (Å²) in [5.41, 5.74) is 4.04. The number of fused-ring (bicyclic) bond motifs is 1. The van der Waals surface area contributed by atoms with Gasteiger partial charge in [0.05, 0.1) is 29.3 Å². The van der Waals surface area contributed by atoms with Gasteiger partial charge in [0.1, 0.15) is 5.82 Å². The molecule has 0 amide bonds. The first-order valence-electron chi connectivity index (χ1n) is 8.85. The molecule has 7 heteroatoms. The minimum Gasteiger partial charge on any atom is -0.312 e. The van der Waals surface area contributed by atoms with E-state index in [-0.39, 0.29) is 29.4 Å². The third kappa shape index (κ3) is 3.62. The monoisotopic (exact) mass is 404 g/mol. The average Bonchev–Trinajstić information content (AvgIpc) is 3.08. The Labute approximate surface area is 163 Å². The highest BCUT2D eigenvalue weighted by atomic mass is 32.2. The van der Waals surface area contributed by atoms with Crippen LogP contribution in [0.5, 0.6) is 0 Å². The van der Waals surface area contributed by atoms with Gasteiger partial charge in [0, 0.05) is 5.75 Å². The zero-order valence-electron chi connectivity index (χ0n) is 15.2. The molecule has 0 radical (unpaired) electrons. The molecule has 0 aromatic heterocycles. The van der Waals surface area contributed by atoms with E-state index in [1.165, 1.54) is 34.5 Å². The SMILES string of the molecule is Cc1ccc(CSC2=N[C@H]3CS(=O)(=O)C[C@@H]3N2c2ccccc2F)cc1C. The fourth-order valence-electron chi connectivity index (χ4n) is 3.60. The zero-order valence-corrected chi connectivity index (χ0v) is 16.9. The molecule has 0 unspecified atom stereocenters. The molecule has 2 aromatic rings. The number of amidine groups is 1. The first-order valence-corrected chi connectivity index (χ1v) is 11.7. The van der Waals surface area contributed by atoms with E-state index in [2.05, 4.69) is 37.0 Å². The van der Waals surface area contributed by atoms with Gasteiger partial charge in [-0.3, -0.25) is 4.99 Å². The molecule has 0 spiro atoms. The number of anilines is 1. The number of nitrogens with zero attached hydrogens (tertiary/aromatic N) is 2. The predicted octanol–water partition coefficient (Wildman–Crippen LogP) is 3.72. The van der Waals surface area contributed by atoms with E-state index < -0.39 is 9.84 Å². The molecular weight excluding hydrogens is 383 g/mol. The first-order chi connectivity index (χ1) is 12.8. The highest BCUT2D eigenvalue weighted by Crippen LogP contribution is 2.37. The van der Waals surface area contributed by atoms with Crippen molar-refractivity contribution in [2.45, 2.75) is 31.7 Å². The van der Waals surface area contributed by atoms with Gasteiger partial charge in [0.25, 0.3) is 0 Å². The molecule has 4 rings (SSSR count). The molecule has 0 bridgehead atoms. The number of halogens is 1. The number of hydrogen-bond donors (Lipinski definition) is 0. The minimum atomic E-state index is -3.14. The van der Waals surface area contributed by atoms with Crippen molar-refractivity contribution < 1.29 is 12.8 Å². The lowest BCUT2D eigenvalue weighted by molar-refractivity contribution is 0.600. The van der Waals surface area contributed by atoms with Crippen molar-refractivity contribution >= 4 is 32.5 Å². The lowest BCUT2D eigenvalue weighted by Gasteiger charge is -2.26. The van der Waals surface area contributed by atoms with Gasteiger partial charge in [-0.2, -0.15) is 0 Å². The van der Waals surface area contributed by atoms with E-state index in [0.29, 0.717) is 16.6 Å². The van der Waals surface area contributed by atoms with E-state index in [1.54, 1.807) is 23.1 Å². The second kappa shape index (κ2) is 6.95. The molecule has 27 heavy (non-hydrogen) atoms. The maximum atomic E-state index is 14.5. The van der Waals surface area contributed by atoms with Gasteiger partial charge in [-0.15, -0.1) is 0 Å². The highest BCUT2D eigenvalue weighted by Gasteiger charge is 2.47. The van der Waals surface area contributed by atoms with Crippen molar-refractivity contribution in [2.24, 2.45) is 4.99 Å². The van der Waals surface area contributed by atoms with Crippen molar-refractivity contribution in [1.82, 2.24) is 0 Å². The summed E-state index contributed by atoms with van der Waals surface area (Å²) >= 11 is 1.53. The molecular formula is C20H21FN2O2S2. The molecule has 0 aliphatic carbocycles. The van der Waals surface area contributed by atoms with Gasteiger partial charge < -0.3 is 4.90 Å². The second-order valence-electron chi connectivity index (χ2n) is 7.15. The van der Waals surface area contributed by atoms with Crippen LogP contribution < -0.4 is 4.90 Å². The molecule has 2 aromatic carbocycles. The molecule has 0 saturated carbocycles. The lowest BCUT2D eigenvalue weighted by Crippen LogP contribution is -2.39. The first kappa shape index (κ1) is 18.5. The lowest BCUT2D eigenvalue weighted by atomic mass is 10.1. The fourth-order valence-corrected chi connectivity index (χ4v) is 6.51. The molecule has 2 aliphatic heterocycles. The number of para-hydroxylation sites is 1. The molecule has 1 fully saturated rings. The fraction of sp³-hybridized carbons (Fsp3) is 0.350. The van der Waals surface area contributed by atoms with Crippen molar-refractivity contribution in [3.05, 3.63) is 65.0 Å². The molecule has 0 N–H and O–H groups in total. The summed E-state index contributed by atoms with van der Waals surface area (Å²) in [6.45, 7) is 4.16. The molecule has 2 heterocycles. The van der Waals surface area contributed by atoms with Crippen molar-refractivity contribution in [3.8, 4) is 0 Å². The Balaban J connectivity index is 1.63. The smallest absolute Gasteiger partial charge is 0.164 e. The Hall–Kier alpha value is -1.86. The molecule has 1 saturated heterocycles. The summed E-state index contributed by atoms with van der Waals surface area (Å²) in [5, 5.41) is 0.697. The molecule has 4 nitrogen and oxygen atoms in total. The Morgan fingerprint density at radius 1 is 1.15 bits per heavy atom. The van der Waals surface area contributed by atoms with Crippen LogP contribution >= 0.6 is 11.8 Å². The maximum absolute atomic E-state index is 14.5.